The maximum absolute atomic E-state index is 12.0. The molecule has 0 unspecified atom stereocenters. The second kappa shape index (κ2) is 9.32. The van der Waals surface area contributed by atoms with Crippen LogP contribution in [0.15, 0.2) is 29.2 Å². The molecule has 0 amide bonds. The number of nitrogens with zero attached hydrogens (tertiary/aromatic N) is 5. The standard InChI is InChI=1S/C22H33N5O2S2/c1-4-31(28,29)20-7-5-19(6-8-20)26-13-9-17(10-14-26)18-11-15-27(16-12-18)22-23-21(24-30-22)25(2)3/h5-8,17-18H,4,9-16H2,1-3H3. The Morgan fingerprint density at radius 2 is 1.52 bits per heavy atom. The number of sulfone groups is 1. The second-order valence-electron chi connectivity index (χ2n) is 8.82. The van der Waals surface area contributed by atoms with Crippen LogP contribution in [0.5, 0.6) is 0 Å². The highest BCUT2D eigenvalue weighted by Crippen LogP contribution is 2.35. The van der Waals surface area contributed by atoms with E-state index in [9.17, 15) is 8.42 Å². The van der Waals surface area contributed by atoms with E-state index in [1.54, 1.807) is 19.1 Å². The first-order valence-electron chi connectivity index (χ1n) is 11.2. The molecule has 3 heterocycles. The van der Waals surface area contributed by atoms with Crippen molar-refractivity contribution in [3.8, 4) is 0 Å². The molecule has 2 saturated heterocycles. The Labute approximate surface area is 190 Å². The van der Waals surface area contributed by atoms with Gasteiger partial charge in [-0.2, -0.15) is 9.36 Å². The number of aromatic nitrogens is 2. The van der Waals surface area contributed by atoms with E-state index in [-0.39, 0.29) is 5.75 Å². The third-order valence-corrected chi connectivity index (χ3v) is 9.28. The maximum atomic E-state index is 12.0. The summed E-state index contributed by atoms with van der Waals surface area (Å²) in [6, 6.07) is 7.44. The van der Waals surface area contributed by atoms with Crippen molar-refractivity contribution in [2.45, 2.75) is 37.5 Å². The van der Waals surface area contributed by atoms with Crippen molar-refractivity contribution >= 4 is 38.1 Å². The number of benzene rings is 1. The number of rotatable bonds is 6. The number of hydrogen-bond donors (Lipinski definition) is 0. The SMILES string of the molecule is CCS(=O)(=O)c1ccc(N2CCC(C3CCN(c4nc(N(C)C)ns4)CC3)CC2)cc1. The van der Waals surface area contributed by atoms with Crippen LogP contribution >= 0.6 is 11.5 Å². The van der Waals surface area contributed by atoms with Crippen molar-refractivity contribution < 1.29 is 8.42 Å². The zero-order valence-corrected chi connectivity index (χ0v) is 20.3. The summed E-state index contributed by atoms with van der Waals surface area (Å²) < 4.78 is 28.5. The molecule has 1 aromatic heterocycles. The van der Waals surface area contributed by atoms with Crippen LogP contribution in [-0.4, -0.2) is 63.8 Å². The molecule has 7 nitrogen and oxygen atoms in total. The van der Waals surface area contributed by atoms with Gasteiger partial charge in [0.25, 0.3) is 0 Å². The lowest BCUT2D eigenvalue weighted by molar-refractivity contribution is 0.233. The van der Waals surface area contributed by atoms with Gasteiger partial charge in [0.15, 0.2) is 9.84 Å². The predicted octanol–water partition coefficient (Wildman–Crippen LogP) is 3.53. The molecule has 0 radical (unpaired) electrons. The van der Waals surface area contributed by atoms with Gasteiger partial charge >= 0.3 is 0 Å². The molecule has 9 heteroatoms. The van der Waals surface area contributed by atoms with E-state index in [1.165, 1.54) is 37.2 Å². The molecule has 31 heavy (non-hydrogen) atoms. The third kappa shape index (κ3) is 4.98. The van der Waals surface area contributed by atoms with Crippen molar-refractivity contribution in [1.82, 2.24) is 9.36 Å². The Balaban J connectivity index is 1.27. The number of piperidine rings is 2. The molecular weight excluding hydrogens is 430 g/mol. The molecule has 0 spiro atoms. The van der Waals surface area contributed by atoms with E-state index in [4.69, 9.17) is 0 Å². The molecule has 2 aliphatic rings. The summed E-state index contributed by atoms with van der Waals surface area (Å²) in [5, 5.41) is 1.05. The highest BCUT2D eigenvalue weighted by molar-refractivity contribution is 7.91. The predicted molar refractivity (Wildman–Crippen MR) is 128 cm³/mol. The molecule has 1 aromatic carbocycles. The van der Waals surface area contributed by atoms with Crippen LogP contribution in [0.2, 0.25) is 0 Å². The Morgan fingerprint density at radius 3 is 2.00 bits per heavy atom. The molecule has 2 aliphatic heterocycles. The fourth-order valence-electron chi connectivity index (χ4n) is 4.74. The van der Waals surface area contributed by atoms with Crippen LogP contribution < -0.4 is 14.7 Å². The van der Waals surface area contributed by atoms with E-state index in [2.05, 4.69) is 19.2 Å². The van der Waals surface area contributed by atoms with Gasteiger partial charge in [0, 0.05) is 57.5 Å². The molecular formula is C22H33N5O2S2. The lowest BCUT2D eigenvalue weighted by atomic mass is 9.79. The second-order valence-corrected chi connectivity index (χ2v) is 11.8. The largest absolute Gasteiger partial charge is 0.372 e. The van der Waals surface area contributed by atoms with Crippen molar-refractivity contribution in [1.29, 1.82) is 0 Å². The molecule has 170 valence electrons. The molecule has 0 aliphatic carbocycles. The highest BCUT2D eigenvalue weighted by Gasteiger charge is 2.30. The van der Waals surface area contributed by atoms with Gasteiger partial charge in [0.2, 0.25) is 11.1 Å². The zero-order chi connectivity index (χ0) is 22.0. The minimum Gasteiger partial charge on any atom is -0.372 e. The van der Waals surface area contributed by atoms with Crippen molar-refractivity contribution in [2.75, 3.05) is 60.7 Å². The first kappa shape index (κ1) is 22.3. The summed E-state index contributed by atoms with van der Waals surface area (Å²) in [4.78, 5) is 11.8. The summed E-state index contributed by atoms with van der Waals surface area (Å²) in [5.74, 6) is 2.52. The highest BCUT2D eigenvalue weighted by atomic mass is 32.2. The monoisotopic (exact) mass is 463 g/mol. The molecule has 0 saturated carbocycles. The minimum atomic E-state index is -3.13. The van der Waals surface area contributed by atoms with E-state index in [0.717, 1.165) is 54.8 Å². The average molecular weight is 464 g/mol. The van der Waals surface area contributed by atoms with Gasteiger partial charge in [0.05, 0.1) is 10.6 Å². The number of hydrogen-bond acceptors (Lipinski definition) is 8. The zero-order valence-electron chi connectivity index (χ0n) is 18.7. The fraction of sp³-hybridized carbons (Fsp3) is 0.636. The van der Waals surface area contributed by atoms with Gasteiger partial charge in [-0.25, -0.2) is 8.42 Å². The van der Waals surface area contributed by atoms with E-state index in [0.29, 0.717) is 4.90 Å². The molecule has 2 aromatic rings. The molecule has 0 atom stereocenters. The van der Waals surface area contributed by atoms with E-state index < -0.39 is 9.84 Å². The quantitative estimate of drug-likeness (QED) is 0.649. The van der Waals surface area contributed by atoms with Gasteiger partial charge in [-0.05, 0) is 61.8 Å². The van der Waals surface area contributed by atoms with E-state index >= 15 is 0 Å². The summed E-state index contributed by atoms with van der Waals surface area (Å²) in [5.41, 5.74) is 1.14. The first-order valence-corrected chi connectivity index (χ1v) is 13.6. The molecule has 2 fully saturated rings. The van der Waals surface area contributed by atoms with E-state index in [1.807, 2.05) is 31.1 Å². The summed E-state index contributed by atoms with van der Waals surface area (Å²) >= 11 is 1.50. The van der Waals surface area contributed by atoms with Gasteiger partial charge in [-0.1, -0.05) is 6.92 Å². The Morgan fingerprint density at radius 1 is 0.968 bits per heavy atom. The van der Waals surface area contributed by atoms with Crippen molar-refractivity contribution in [3.63, 3.8) is 0 Å². The molecule has 4 rings (SSSR count). The summed E-state index contributed by atoms with van der Waals surface area (Å²) in [6.45, 7) is 5.93. The van der Waals surface area contributed by atoms with Gasteiger partial charge in [-0.15, -0.1) is 0 Å². The summed E-state index contributed by atoms with van der Waals surface area (Å²) in [6.07, 6.45) is 4.88. The number of anilines is 3. The van der Waals surface area contributed by atoms with Crippen LogP contribution in [0.25, 0.3) is 0 Å². The minimum absolute atomic E-state index is 0.145. The Kier molecular flexibility index (Phi) is 6.71. The first-order chi connectivity index (χ1) is 14.9. The topological polar surface area (TPSA) is 69.6 Å². The smallest absolute Gasteiger partial charge is 0.238 e. The van der Waals surface area contributed by atoms with Crippen LogP contribution in [0.4, 0.5) is 16.8 Å². The van der Waals surface area contributed by atoms with Crippen LogP contribution in [0, 0.1) is 11.8 Å². The van der Waals surface area contributed by atoms with Crippen molar-refractivity contribution in [3.05, 3.63) is 24.3 Å². The van der Waals surface area contributed by atoms with Gasteiger partial charge in [-0.3, -0.25) is 0 Å². The lowest BCUT2D eigenvalue weighted by Gasteiger charge is -2.40. The third-order valence-electron chi connectivity index (χ3n) is 6.76. The van der Waals surface area contributed by atoms with Gasteiger partial charge in [0.1, 0.15) is 0 Å². The Bertz CT molecular complexity index is 958. The molecule has 0 N–H and O–H groups in total. The van der Waals surface area contributed by atoms with Crippen LogP contribution in [-0.2, 0) is 9.84 Å². The Hall–Kier alpha value is -1.87. The summed E-state index contributed by atoms with van der Waals surface area (Å²) in [7, 11) is 0.827. The van der Waals surface area contributed by atoms with Crippen LogP contribution in [0.3, 0.4) is 0 Å². The van der Waals surface area contributed by atoms with Gasteiger partial charge < -0.3 is 14.7 Å². The van der Waals surface area contributed by atoms with Crippen molar-refractivity contribution in [2.24, 2.45) is 11.8 Å². The molecule has 0 bridgehead atoms. The average Bonchev–Trinajstić information content (AvgIpc) is 3.30. The normalized spacial score (nSPS) is 19.1. The fourth-order valence-corrected chi connectivity index (χ4v) is 6.41. The van der Waals surface area contributed by atoms with Crippen LogP contribution in [0.1, 0.15) is 32.6 Å². The maximum Gasteiger partial charge on any atom is 0.238 e. The lowest BCUT2D eigenvalue weighted by Crippen LogP contribution is -2.41.